The van der Waals surface area contributed by atoms with Crippen molar-refractivity contribution >= 4 is 33.8 Å². The van der Waals surface area contributed by atoms with E-state index in [4.69, 9.17) is 11.8 Å². The first-order valence-corrected chi connectivity index (χ1v) is 13.6. The van der Waals surface area contributed by atoms with Crippen molar-refractivity contribution in [2.24, 2.45) is 16.8 Å². The number of sulfonamides is 1. The number of aryl methyl sites for hydroxylation is 1. The van der Waals surface area contributed by atoms with Gasteiger partial charge in [-0.1, -0.05) is 61.6 Å². The highest BCUT2D eigenvalue weighted by molar-refractivity contribution is 7.93. The van der Waals surface area contributed by atoms with Crippen LogP contribution in [0.5, 0.6) is 0 Å². The van der Waals surface area contributed by atoms with Crippen LogP contribution in [0.25, 0.3) is 0 Å². The van der Waals surface area contributed by atoms with Crippen molar-refractivity contribution in [1.29, 1.82) is 5.41 Å². The number of fused-ring (bicyclic) bond motifs is 1. The van der Waals surface area contributed by atoms with Gasteiger partial charge in [0.1, 0.15) is 0 Å². The maximum absolute atomic E-state index is 14.5. The lowest BCUT2D eigenvalue weighted by Gasteiger charge is -2.40. The predicted octanol–water partition coefficient (Wildman–Crippen LogP) is 4.76. The summed E-state index contributed by atoms with van der Waals surface area (Å²) in [7, 11) is -0.258. The molecular formula is C29H35N4O2S. The van der Waals surface area contributed by atoms with Crippen LogP contribution in [0.2, 0.25) is 0 Å². The van der Waals surface area contributed by atoms with Crippen molar-refractivity contribution in [1.82, 2.24) is 0 Å². The number of rotatable bonds is 9. The summed E-state index contributed by atoms with van der Waals surface area (Å²) < 4.78 is 30.6. The number of likely N-dealkylation sites (N-methyl/N-ethyl adjacent to an activating group) is 1. The Balaban J connectivity index is 2.13. The summed E-state index contributed by atoms with van der Waals surface area (Å²) in [5.41, 5.74) is 3.43. The van der Waals surface area contributed by atoms with Crippen LogP contribution >= 0.6 is 0 Å². The second kappa shape index (κ2) is 12.0. The summed E-state index contributed by atoms with van der Waals surface area (Å²) in [6, 6.07) is 5.86. The highest BCUT2D eigenvalue weighted by Crippen LogP contribution is 2.40. The van der Waals surface area contributed by atoms with Gasteiger partial charge in [-0.2, -0.15) is 0 Å². The number of aliphatic imine (C=N–C) groups is 1. The quantitative estimate of drug-likeness (QED) is 0.390. The number of nitrogens with zero attached hydrogens (tertiary/aromatic N) is 3. The molecule has 1 aromatic rings. The number of allylic oxidation sites excluding steroid dienone is 8. The Morgan fingerprint density at radius 3 is 2.64 bits per heavy atom. The molecule has 1 N–H and O–H groups in total. The van der Waals surface area contributed by atoms with Crippen LogP contribution < -0.4 is 9.21 Å². The third kappa shape index (κ3) is 5.71. The van der Waals surface area contributed by atoms with Gasteiger partial charge in [0.2, 0.25) is 10.0 Å². The van der Waals surface area contributed by atoms with E-state index in [0.29, 0.717) is 19.0 Å². The Bertz CT molecular complexity index is 1250. The second-order valence-electron chi connectivity index (χ2n) is 9.09. The zero-order chi connectivity index (χ0) is 26.3. The fraction of sp³-hybridized carbons (Fsp3) is 0.345. The Labute approximate surface area is 216 Å². The average Bonchev–Trinajstić information content (AvgIpc) is 2.83. The molecule has 0 spiro atoms. The molecular weight excluding hydrogens is 468 g/mol. The largest absolute Gasteiger partial charge is 0.371 e. The van der Waals surface area contributed by atoms with Gasteiger partial charge in [0.25, 0.3) is 0 Å². The van der Waals surface area contributed by atoms with Crippen LogP contribution in [0, 0.1) is 42.4 Å². The van der Waals surface area contributed by atoms with Gasteiger partial charge in [-0.25, -0.2) is 8.42 Å². The molecule has 1 aliphatic carbocycles. The summed E-state index contributed by atoms with van der Waals surface area (Å²) >= 11 is 0. The van der Waals surface area contributed by atoms with Crippen LogP contribution in [0.1, 0.15) is 18.9 Å². The maximum Gasteiger partial charge on any atom is 0.238 e. The van der Waals surface area contributed by atoms with Crippen LogP contribution in [0.3, 0.4) is 0 Å². The van der Waals surface area contributed by atoms with E-state index in [2.05, 4.69) is 15.8 Å². The molecule has 7 heteroatoms. The highest BCUT2D eigenvalue weighted by Gasteiger charge is 2.41. The summed E-state index contributed by atoms with van der Waals surface area (Å²) in [5, 5.41) is 7.03. The Morgan fingerprint density at radius 1 is 1.22 bits per heavy atom. The van der Waals surface area contributed by atoms with Gasteiger partial charge < -0.3 is 10.3 Å². The lowest BCUT2D eigenvalue weighted by molar-refractivity contribution is 0.501. The number of nitrogens with one attached hydrogen (secondary N) is 1. The van der Waals surface area contributed by atoms with Crippen molar-refractivity contribution in [3.63, 3.8) is 0 Å². The fourth-order valence-corrected chi connectivity index (χ4v) is 7.02. The molecule has 1 radical (unpaired) electrons. The topological polar surface area (TPSA) is 76.8 Å². The van der Waals surface area contributed by atoms with E-state index in [1.54, 1.807) is 17.6 Å². The van der Waals surface area contributed by atoms with Gasteiger partial charge in [0.05, 0.1) is 29.1 Å². The van der Waals surface area contributed by atoms with Crippen LogP contribution in [-0.2, 0) is 10.0 Å². The molecule has 6 nitrogen and oxygen atoms in total. The van der Waals surface area contributed by atoms with Crippen molar-refractivity contribution in [3.8, 4) is 12.3 Å². The minimum Gasteiger partial charge on any atom is -0.371 e. The minimum atomic E-state index is -3.85. The van der Waals surface area contributed by atoms with Gasteiger partial charge in [0.15, 0.2) is 0 Å². The Morgan fingerprint density at radius 2 is 1.94 bits per heavy atom. The monoisotopic (exact) mass is 503 g/mol. The lowest BCUT2D eigenvalue weighted by Crippen LogP contribution is -2.49. The third-order valence-electron chi connectivity index (χ3n) is 6.83. The zero-order valence-electron chi connectivity index (χ0n) is 21.4. The first-order valence-electron chi connectivity index (χ1n) is 12.1. The molecule has 3 rings (SSSR count). The second-order valence-corrected chi connectivity index (χ2v) is 11.2. The molecule has 1 heterocycles. The molecule has 1 aliphatic heterocycles. The molecule has 0 aromatic heterocycles. The zero-order valence-corrected chi connectivity index (χ0v) is 22.2. The van der Waals surface area contributed by atoms with Gasteiger partial charge in [-0.3, -0.25) is 9.30 Å². The molecule has 0 saturated carbocycles. The summed E-state index contributed by atoms with van der Waals surface area (Å²) in [4.78, 5) is 6.12. The summed E-state index contributed by atoms with van der Waals surface area (Å²) in [6.45, 7) is 4.83. The average molecular weight is 504 g/mol. The normalized spacial score (nSPS) is 22.4. The summed E-state index contributed by atoms with van der Waals surface area (Å²) in [5.74, 6) is 2.33. The van der Waals surface area contributed by atoms with Crippen LogP contribution in [0.4, 0.5) is 11.4 Å². The SMILES string of the molecule is C#CC(CC(C(C)C1=C/C=C\C=C/C=C\1)S(=O)(=O)N1CCN(C)c2cccc(C)c21)[C](C=N)C=NC. The lowest BCUT2D eigenvalue weighted by atomic mass is 9.85. The molecule has 0 fully saturated rings. The van der Waals surface area contributed by atoms with E-state index in [0.717, 1.165) is 22.5 Å². The van der Waals surface area contributed by atoms with Crippen molar-refractivity contribution in [2.45, 2.75) is 25.5 Å². The Kier molecular flexibility index (Phi) is 9.11. The molecule has 189 valence electrons. The summed E-state index contributed by atoms with van der Waals surface area (Å²) in [6.07, 6.45) is 22.3. The van der Waals surface area contributed by atoms with E-state index < -0.39 is 21.2 Å². The van der Waals surface area contributed by atoms with E-state index in [1.165, 1.54) is 6.21 Å². The Hall–Kier alpha value is -3.37. The van der Waals surface area contributed by atoms with Gasteiger partial charge in [-0.15, -0.1) is 12.3 Å². The predicted molar refractivity (Wildman–Crippen MR) is 153 cm³/mol. The van der Waals surface area contributed by atoms with Crippen LogP contribution in [-0.4, -0.2) is 53.3 Å². The molecule has 0 amide bonds. The maximum atomic E-state index is 14.5. The first kappa shape index (κ1) is 27.2. The molecule has 3 atom stereocenters. The number of hydrogen-bond donors (Lipinski definition) is 1. The molecule has 36 heavy (non-hydrogen) atoms. The fourth-order valence-electron chi connectivity index (χ4n) is 4.76. The van der Waals surface area contributed by atoms with Gasteiger partial charge >= 0.3 is 0 Å². The van der Waals surface area contributed by atoms with E-state index in [9.17, 15) is 8.42 Å². The number of terminal acetylenes is 1. The van der Waals surface area contributed by atoms with E-state index in [-0.39, 0.29) is 12.3 Å². The minimum absolute atomic E-state index is 0.176. The first-order chi connectivity index (χ1) is 17.3. The number of para-hydroxylation sites is 1. The van der Waals surface area contributed by atoms with Gasteiger partial charge in [0, 0.05) is 39.0 Å². The number of anilines is 2. The van der Waals surface area contributed by atoms with Gasteiger partial charge in [-0.05, 0) is 36.5 Å². The van der Waals surface area contributed by atoms with E-state index >= 15 is 0 Å². The molecule has 0 saturated heterocycles. The van der Waals surface area contributed by atoms with Crippen molar-refractivity contribution < 1.29 is 8.42 Å². The molecule has 2 aliphatic rings. The van der Waals surface area contributed by atoms with Crippen molar-refractivity contribution in [2.75, 3.05) is 36.4 Å². The molecule has 1 aromatic carbocycles. The number of hydrogen-bond acceptors (Lipinski definition) is 5. The third-order valence-corrected chi connectivity index (χ3v) is 9.17. The van der Waals surface area contributed by atoms with Crippen LogP contribution in [0.15, 0.2) is 71.3 Å². The van der Waals surface area contributed by atoms with Crippen molar-refractivity contribution in [3.05, 3.63) is 77.8 Å². The van der Waals surface area contributed by atoms with E-state index in [1.807, 2.05) is 81.6 Å². The number of benzene rings is 1. The molecule has 0 bridgehead atoms. The molecule has 3 unspecified atom stereocenters. The smallest absolute Gasteiger partial charge is 0.238 e. The standard InChI is InChI=1S/C29H35N4O2S/c1-6-24(26(20-30)21-31-4)19-28(23(3)25-14-10-8-7-9-11-15-25)36(34,35)33-18-17-32(5)27-16-12-13-22(2)29(27)33/h1,7-16,20-21,23-24,28,30H,17-19H2,2-5H3/b8-7-,9-7?,10-8?,11-9-,14-10-,15-11?,25-14?,25-15+,30-20?,31-21?. The highest BCUT2D eigenvalue weighted by atomic mass is 32.2.